The van der Waals surface area contributed by atoms with E-state index in [2.05, 4.69) is 21.9 Å². The van der Waals surface area contributed by atoms with Gasteiger partial charge in [0.15, 0.2) is 5.82 Å². The lowest BCUT2D eigenvalue weighted by Crippen LogP contribution is -1.98. The summed E-state index contributed by atoms with van der Waals surface area (Å²) in [6.45, 7) is 6.02. The maximum Gasteiger partial charge on any atom is 0.159 e. The molecule has 2 heterocycles. The second-order valence-electron chi connectivity index (χ2n) is 3.16. The van der Waals surface area contributed by atoms with Gasteiger partial charge in [-0.3, -0.25) is 0 Å². The van der Waals surface area contributed by atoms with Crippen LogP contribution in [0.15, 0.2) is 4.99 Å². The van der Waals surface area contributed by atoms with Gasteiger partial charge in [0.1, 0.15) is 5.82 Å². The van der Waals surface area contributed by atoms with Crippen LogP contribution in [-0.4, -0.2) is 16.2 Å². The van der Waals surface area contributed by atoms with E-state index in [1.165, 1.54) is 5.56 Å². The van der Waals surface area contributed by atoms with E-state index in [4.69, 9.17) is 0 Å². The summed E-state index contributed by atoms with van der Waals surface area (Å²) in [4.78, 5) is 12.8. The van der Waals surface area contributed by atoms with Gasteiger partial charge in [-0.15, -0.1) is 0 Å². The molecule has 3 nitrogen and oxygen atoms in total. The van der Waals surface area contributed by atoms with Gasteiger partial charge in [-0.25, -0.2) is 15.0 Å². The summed E-state index contributed by atoms with van der Waals surface area (Å²) >= 11 is 0. The Morgan fingerprint density at radius 2 is 2.00 bits per heavy atom. The second kappa shape index (κ2) is 2.37. The fourth-order valence-corrected chi connectivity index (χ4v) is 1.59. The molecule has 0 aliphatic carbocycles. The molecule has 0 spiro atoms. The molecule has 0 radical (unpaired) electrons. The Morgan fingerprint density at radius 1 is 1.25 bits per heavy atom. The fraction of sp³-hybridized carbons (Fsp3) is 0.444. The summed E-state index contributed by atoms with van der Waals surface area (Å²) < 4.78 is 0. The Labute approximate surface area is 71.6 Å². The second-order valence-corrected chi connectivity index (χ2v) is 3.16. The Morgan fingerprint density at radius 3 is 2.75 bits per heavy atom. The predicted molar refractivity (Wildman–Crippen MR) is 48.1 cm³/mol. The predicted octanol–water partition coefficient (Wildman–Crippen LogP) is 1.91. The summed E-state index contributed by atoms with van der Waals surface area (Å²) in [6.07, 6.45) is 1.92. The molecule has 0 saturated heterocycles. The smallest absolute Gasteiger partial charge is 0.159 e. The summed E-state index contributed by atoms with van der Waals surface area (Å²) in [7, 11) is 0. The van der Waals surface area contributed by atoms with Crippen LogP contribution in [-0.2, 0) is 0 Å². The van der Waals surface area contributed by atoms with Crippen LogP contribution in [0.3, 0.4) is 0 Å². The molecule has 62 valence electrons. The first-order valence-corrected chi connectivity index (χ1v) is 4.08. The molecular formula is C9H11N3. The van der Waals surface area contributed by atoms with Gasteiger partial charge in [-0.1, -0.05) is 6.92 Å². The van der Waals surface area contributed by atoms with Gasteiger partial charge in [-0.2, -0.15) is 0 Å². The summed E-state index contributed by atoms with van der Waals surface area (Å²) in [5.41, 5.74) is 2.24. The number of aliphatic imine (C=N–C) groups is 1. The van der Waals surface area contributed by atoms with Crippen LogP contribution >= 0.6 is 0 Å². The summed E-state index contributed by atoms with van der Waals surface area (Å²) in [5, 5.41) is 0. The van der Waals surface area contributed by atoms with Crippen LogP contribution < -0.4 is 0 Å². The molecule has 1 aromatic heterocycles. The number of hydrogen-bond acceptors (Lipinski definition) is 3. The van der Waals surface area contributed by atoms with E-state index in [1.54, 1.807) is 0 Å². The molecule has 0 saturated carbocycles. The van der Waals surface area contributed by atoms with Gasteiger partial charge >= 0.3 is 0 Å². The molecule has 0 amide bonds. The quantitative estimate of drug-likeness (QED) is 0.583. The molecule has 1 aliphatic rings. The summed E-state index contributed by atoms with van der Waals surface area (Å²) in [5.74, 6) is 2.03. The van der Waals surface area contributed by atoms with E-state index in [0.717, 1.165) is 17.3 Å². The largest absolute Gasteiger partial charge is 0.241 e. The van der Waals surface area contributed by atoms with Crippen molar-refractivity contribution in [2.45, 2.75) is 26.7 Å². The van der Waals surface area contributed by atoms with Gasteiger partial charge in [0.05, 0.1) is 0 Å². The molecule has 1 aliphatic heterocycles. The molecule has 1 aromatic rings. The van der Waals surface area contributed by atoms with Crippen molar-refractivity contribution < 1.29 is 0 Å². The zero-order chi connectivity index (χ0) is 8.72. The van der Waals surface area contributed by atoms with Gasteiger partial charge in [0.25, 0.3) is 0 Å². The van der Waals surface area contributed by atoms with Crippen molar-refractivity contribution in [2.24, 2.45) is 4.99 Å². The lowest BCUT2D eigenvalue weighted by Gasteiger charge is -2.05. The van der Waals surface area contributed by atoms with Gasteiger partial charge < -0.3 is 0 Å². The Hall–Kier alpha value is -1.25. The van der Waals surface area contributed by atoms with Crippen LogP contribution in [0, 0.1) is 13.8 Å². The highest BCUT2D eigenvalue weighted by Crippen LogP contribution is 2.31. The van der Waals surface area contributed by atoms with Crippen molar-refractivity contribution >= 4 is 12.0 Å². The van der Waals surface area contributed by atoms with Crippen molar-refractivity contribution in [1.29, 1.82) is 0 Å². The Bertz CT molecular complexity index is 355. The molecule has 0 bridgehead atoms. The van der Waals surface area contributed by atoms with Crippen molar-refractivity contribution in [3.05, 3.63) is 17.1 Å². The third-order valence-corrected chi connectivity index (χ3v) is 2.10. The fourth-order valence-electron chi connectivity index (χ4n) is 1.59. The normalized spacial score (nSPS) is 19.8. The van der Waals surface area contributed by atoms with Gasteiger partial charge in [0.2, 0.25) is 0 Å². The Kier molecular flexibility index (Phi) is 1.46. The lowest BCUT2D eigenvalue weighted by atomic mass is 10.0. The molecule has 12 heavy (non-hydrogen) atoms. The molecule has 0 fully saturated rings. The SMILES string of the molecule is Cc1nc(C)c2c(n1)N=CC2C. The third kappa shape index (κ3) is 0.932. The summed E-state index contributed by atoms with van der Waals surface area (Å²) in [6, 6.07) is 0. The van der Waals surface area contributed by atoms with Crippen LogP contribution in [0.2, 0.25) is 0 Å². The molecule has 2 rings (SSSR count). The van der Waals surface area contributed by atoms with Crippen LogP contribution in [0.5, 0.6) is 0 Å². The molecule has 1 atom stereocenters. The third-order valence-electron chi connectivity index (χ3n) is 2.10. The number of aromatic nitrogens is 2. The van der Waals surface area contributed by atoms with Crippen molar-refractivity contribution in [1.82, 2.24) is 9.97 Å². The van der Waals surface area contributed by atoms with E-state index in [9.17, 15) is 0 Å². The minimum atomic E-state index is 0.376. The zero-order valence-electron chi connectivity index (χ0n) is 7.50. The van der Waals surface area contributed by atoms with Crippen LogP contribution in [0.4, 0.5) is 5.82 Å². The van der Waals surface area contributed by atoms with Crippen molar-refractivity contribution in [2.75, 3.05) is 0 Å². The topological polar surface area (TPSA) is 38.1 Å². The van der Waals surface area contributed by atoms with Gasteiger partial charge in [0, 0.05) is 23.4 Å². The maximum atomic E-state index is 4.30. The van der Waals surface area contributed by atoms with Crippen molar-refractivity contribution in [3.63, 3.8) is 0 Å². The average molecular weight is 161 g/mol. The molecular weight excluding hydrogens is 150 g/mol. The van der Waals surface area contributed by atoms with Crippen molar-refractivity contribution in [3.8, 4) is 0 Å². The number of hydrogen-bond donors (Lipinski definition) is 0. The first kappa shape index (κ1) is 7.40. The lowest BCUT2D eigenvalue weighted by molar-refractivity contribution is 0.943. The van der Waals surface area contributed by atoms with Gasteiger partial charge in [-0.05, 0) is 13.8 Å². The minimum absolute atomic E-state index is 0.376. The molecule has 0 N–H and O–H groups in total. The highest BCUT2D eigenvalue weighted by Gasteiger charge is 2.19. The number of fused-ring (bicyclic) bond motifs is 1. The maximum absolute atomic E-state index is 4.30. The zero-order valence-corrected chi connectivity index (χ0v) is 7.50. The van der Waals surface area contributed by atoms with E-state index >= 15 is 0 Å². The number of rotatable bonds is 0. The molecule has 1 unspecified atom stereocenters. The van der Waals surface area contributed by atoms with Crippen LogP contribution in [0.25, 0.3) is 0 Å². The first-order chi connectivity index (χ1) is 5.68. The standard InChI is InChI=1S/C9H11N3/c1-5-4-10-9-8(5)6(2)11-7(3)12-9/h4-5H,1-3H3. The van der Waals surface area contributed by atoms with E-state index in [-0.39, 0.29) is 0 Å². The van der Waals surface area contributed by atoms with E-state index in [0.29, 0.717) is 5.92 Å². The molecule has 0 aromatic carbocycles. The molecule has 3 heteroatoms. The minimum Gasteiger partial charge on any atom is -0.241 e. The Balaban J connectivity index is 2.66. The number of nitrogens with zero attached hydrogens (tertiary/aromatic N) is 3. The van der Waals surface area contributed by atoms with E-state index in [1.807, 2.05) is 20.1 Å². The van der Waals surface area contributed by atoms with Crippen LogP contribution in [0.1, 0.15) is 29.9 Å². The van der Waals surface area contributed by atoms with E-state index < -0.39 is 0 Å². The average Bonchev–Trinajstić information content (AvgIpc) is 2.31. The first-order valence-electron chi connectivity index (χ1n) is 4.08. The number of aryl methyl sites for hydroxylation is 2. The monoisotopic (exact) mass is 161 g/mol. The highest BCUT2D eigenvalue weighted by atomic mass is 15.0. The highest BCUT2D eigenvalue weighted by molar-refractivity contribution is 5.79.